The average molecular weight is 554 g/mol. The average Bonchev–Trinajstić information content (AvgIpc) is 3.20. The van der Waals surface area contributed by atoms with E-state index < -0.39 is 0 Å². The molecule has 0 amide bonds. The Kier molecular flexibility index (Phi) is 15.1. The highest BCUT2D eigenvalue weighted by atomic mass is 35.5. The minimum absolute atomic E-state index is 0.0129. The van der Waals surface area contributed by atoms with E-state index in [1.165, 1.54) is 30.4 Å². The normalized spacial score (nSPS) is 25.1. The first kappa shape index (κ1) is 35.1. The smallest absolute Gasteiger partial charge is 0.165 e. The van der Waals surface area contributed by atoms with E-state index in [2.05, 4.69) is 77.6 Å². The topological polar surface area (TPSA) is 39.7 Å². The summed E-state index contributed by atoms with van der Waals surface area (Å²) in [6.07, 6.45) is 5.96. The Bertz CT molecular complexity index is 808. The van der Waals surface area contributed by atoms with Crippen LogP contribution in [0.5, 0.6) is 11.5 Å². The number of methoxy groups -OCH3 is 1. The molecule has 0 spiro atoms. The van der Waals surface area contributed by atoms with Gasteiger partial charge in [0.25, 0.3) is 0 Å². The fourth-order valence-corrected chi connectivity index (χ4v) is 6.69. The molecule has 0 bridgehead atoms. The van der Waals surface area contributed by atoms with Gasteiger partial charge >= 0.3 is 0 Å². The number of halogens is 1. The molecule has 2 aliphatic rings. The van der Waals surface area contributed by atoms with Gasteiger partial charge in [-0.05, 0) is 74.0 Å². The molecule has 0 saturated carbocycles. The third kappa shape index (κ3) is 7.82. The van der Waals surface area contributed by atoms with Gasteiger partial charge in [-0.2, -0.15) is 0 Å². The van der Waals surface area contributed by atoms with Crippen molar-refractivity contribution < 1.29 is 14.2 Å². The summed E-state index contributed by atoms with van der Waals surface area (Å²) in [7, 11) is 3.25. The van der Waals surface area contributed by atoms with Gasteiger partial charge in [0.1, 0.15) is 12.7 Å². The Morgan fingerprint density at radius 2 is 1.79 bits per heavy atom. The van der Waals surface area contributed by atoms with Crippen molar-refractivity contribution in [2.24, 2.45) is 23.2 Å². The van der Waals surface area contributed by atoms with E-state index in [9.17, 15) is 0 Å². The number of ether oxygens (including phenoxy) is 3. The molecule has 3 rings (SSSR count). The first-order chi connectivity index (χ1) is 18.0. The van der Waals surface area contributed by atoms with E-state index >= 15 is 0 Å². The highest BCUT2D eigenvalue weighted by Crippen LogP contribution is 2.59. The molecule has 1 heterocycles. The maximum atomic E-state index is 6.67. The van der Waals surface area contributed by atoms with Crippen LogP contribution in [0, 0.1) is 23.2 Å². The van der Waals surface area contributed by atoms with Gasteiger partial charge in [-0.25, -0.2) is 0 Å². The van der Waals surface area contributed by atoms with Crippen molar-refractivity contribution in [3.05, 3.63) is 23.3 Å². The number of nitrogens with one attached hydrogen (secondary N) is 1. The predicted octanol–water partition coefficient (Wildman–Crippen LogP) is 8.66. The van der Waals surface area contributed by atoms with Gasteiger partial charge in [-0.3, -0.25) is 0 Å². The zero-order valence-corrected chi connectivity index (χ0v) is 27.6. The molecule has 1 aliphatic heterocycles. The number of hydrogen-bond acceptors (Lipinski definition) is 4. The summed E-state index contributed by atoms with van der Waals surface area (Å²) in [4.78, 5) is 0. The van der Waals surface area contributed by atoms with Gasteiger partial charge in [-0.15, -0.1) is 11.6 Å². The molecule has 38 heavy (non-hydrogen) atoms. The van der Waals surface area contributed by atoms with Crippen molar-refractivity contribution in [3.63, 3.8) is 0 Å². The van der Waals surface area contributed by atoms with E-state index in [0.717, 1.165) is 30.9 Å². The number of hydrogen-bond donors (Lipinski definition) is 1. The lowest BCUT2D eigenvalue weighted by molar-refractivity contribution is 0.0495. The largest absolute Gasteiger partial charge is 0.488 e. The van der Waals surface area contributed by atoms with Crippen molar-refractivity contribution in [3.8, 4) is 11.5 Å². The van der Waals surface area contributed by atoms with Crippen molar-refractivity contribution in [2.75, 3.05) is 33.3 Å². The zero-order chi connectivity index (χ0) is 29.1. The van der Waals surface area contributed by atoms with E-state index in [0.29, 0.717) is 41.7 Å². The van der Waals surface area contributed by atoms with Crippen LogP contribution in [0.1, 0.15) is 106 Å². The van der Waals surface area contributed by atoms with Gasteiger partial charge in [0, 0.05) is 31.2 Å². The van der Waals surface area contributed by atoms with Crippen LogP contribution in [0.15, 0.2) is 12.1 Å². The maximum Gasteiger partial charge on any atom is 0.165 e. The third-order valence-corrected chi connectivity index (χ3v) is 9.14. The van der Waals surface area contributed by atoms with E-state index in [-0.39, 0.29) is 11.5 Å². The van der Waals surface area contributed by atoms with Crippen LogP contribution in [0.4, 0.5) is 0 Å². The van der Waals surface area contributed by atoms with Crippen molar-refractivity contribution in [2.45, 2.75) is 119 Å². The fraction of sp³-hybridized carbons (Fsp3) is 0.818. The van der Waals surface area contributed by atoms with Crippen molar-refractivity contribution >= 4 is 11.6 Å². The first-order valence-corrected chi connectivity index (χ1v) is 15.7. The second-order valence-electron chi connectivity index (χ2n) is 12.1. The highest BCUT2D eigenvalue weighted by molar-refractivity contribution is 6.18. The molecule has 1 N–H and O–H groups in total. The molecule has 1 aromatic rings. The first-order valence-electron chi connectivity index (χ1n) is 15.2. The monoisotopic (exact) mass is 553 g/mol. The van der Waals surface area contributed by atoms with Crippen molar-refractivity contribution in [1.29, 1.82) is 0 Å². The molecular weight excluding hydrogens is 494 g/mol. The van der Waals surface area contributed by atoms with Gasteiger partial charge in [0.2, 0.25) is 0 Å². The molecule has 0 radical (unpaired) electrons. The molecule has 1 unspecified atom stereocenters. The van der Waals surface area contributed by atoms with Gasteiger partial charge in [0.15, 0.2) is 11.5 Å². The highest BCUT2D eigenvalue weighted by Gasteiger charge is 2.57. The lowest BCUT2D eigenvalue weighted by Crippen LogP contribution is -2.56. The number of rotatable bonds is 11. The van der Waals surface area contributed by atoms with Crippen LogP contribution >= 0.6 is 11.6 Å². The Morgan fingerprint density at radius 3 is 2.32 bits per heavy atom. The summed E-state index contributed by atoms with van der Waals surface area (Å²) in [5, 5.41) is 4.01. The summed E-state index contributed by atoms with van der Waals surface area (Å²) < 4.78 is 17.0. The summed E-state index contributed by atoms with van der Waals surface area (Å²) in [5.41, 5.74) is 3.19. The maximum absolute atomic E-state index is 6.67. The fourth-order valence-electron chi connectivity index (χ4n) is 6.61. The Morgan fingerprint density at radius 1 is 1.16 bits per heavy atom. The number of alkyl halides is 1. The van der Waals surface area contributed by atoms with E-state index in [1.54, 1.807) is 14.2 Å². The van der Waals surface area contributed by atoms with Crippen LogP contribution in [-0.4, -0.2) is 45.4 Å². The molecule has 0 fully saturated rings. The second kappa shape index (κ2) is 16.3. The molecule has 222 valence electrons. The Hall–Kier alpha value is -0.970. The number of benzene rings is 1. The van der Waals surface area contributed by atoms with Gasteiger partial charge in [0.05, 0.1) is 5.88 Å². The van der Waals surface area contributed by atoms with Gasteiger partial charge in [-0.1, -0.05) is 74.8 Å². The Labute approximate surface area is 240 Å². The van der Waals surface area contributed by atoms with Crippen LogP contribution in [0.3, 0.4) is 0 Å². The van der Waals surface area contributed by atoms with E-state index in [4.69, 9.17) is 21.1 Å². The van der Waals surface area contributed by atoms with Crippen LogP contribution < -0.4 is 14.8 Å². The van der Waals surface area contributed by atoms with Gasteiger partial charge < -0.3 is 19.5 Å². The van der Waals surface area contributed by atoms with Crippen LogP contribution in [0.25, 0.3) is 0 Å². The number of unbranched alkanes of at least 4 members (excludes halogenated alkanes) is 1. The Balaban J connectivity index is 0.00000135. The molecule has 5 heteroatoms. The SMILES string of the molecule is CC.CCCCN[C@@H]1Cc2ccc(OCCCl)c3c2[C@](CC)(C1C[C@@H](C)[C@@H](C)C(C)(C)C)[C@H](C)O3.COC. The molecule has 6 atom stereocenters. The van der Waals surface area contributed by atoms with E-state index in [1.807, 2.05) is 13.8 Å². The second-order valence-corrected chi connectivity index (χ2v) is 12.5. The summed E-state index contributed by atoms with van der Waals surface area (Å²) in [6, 6.07) is 4.87. The van der Waals surface area contributed by atoms with Crippen LogP contribution in [0.2, 0.25) is 0 Å². The molecule has 1 aliphatic carbocycles. The lowest BCUT2D eigenvalue weighted by Gasteiger charge is -2.50. The summed E-state index contributed by atoms with van der Waals surface area (Å²) in [6.45, 7) is 24.6. The summed E-state index contributed by atoms with van der Waals surface area (Å²) >= 11 is 5.94. The third-order valence-electron chi connectivity index (χ3n) is 8.98. The minimum atomic E-state index is 0.0129. The quantitative estimate of drug-likeness (QED) is 0.220. The lowest BCUT2D eigenvalue weighted by atomic mass is 9.55. The summed E-state index contributed by atoms with van der Waals surface area (Å²) in [5.74, 6) is 4.16. The molecule has 4 nitrogen and oxygen atoms in total. The minimum Gasteiger partial charge on any atom is -0.488 e. The molecule has 0 saturated heterocycles. The standard InChI is InChI=1S/C29H48ClNO2.C2H6O.C2H6/c1-9-11-15-31-24-18-22-12-13-25(32-16-14-30)27-26(22)29(10-2,21(5)33-27)23(24)17-19(3)20(4)28(6,7)8;1-3-2;1-2/h12-13,19-21,23-24,31H,9-11,14-18H2,1-8H3;1-2H3;1-2H3/t19-,20-,21+,23?,24-,29+;;/m1../s1. The molecule has 0 aromatic heterocycles. The van der Waals surface area contributed by atoms with Crippen LogP contribution in [-0.2, 0) is 16.6 Å². The predicted molar refractivity (Wildman–Crippen MR) is 165 cm³/mol. The molecule has 1 aromatic carbocycles. The zero-order valence-electron chi connectivity index (χ0n) is 26.8. The molecular formula is C33H60ClNO3. The van der Waals surface area contributed by atoms with Crippen molar-refractivity contribution in [1.82, 2.24) is 5.32 Å².